The van der Waals surface area contributed by atoms with E-state index in [0.717, 1.165) is 19.4 Å². The van der Waals surface area contributed by atoms with Crippen molar-refractivity contribution in [3.8, 4) is 0 Å². The van der Waals surface area contributed by atoms with Gasteiger partial charge in [0, 0.05) is 12.5 Å². The summed E-state index contributed by atoms with van der Waals surface area (Å²) in [5.74, 6) is 0.282. The van der Waals surface area contributed by atoms with Gasteiger partial charge < -0.3 is 16.3 Å². The highest BCUT2D eigenvalue weighted by molar-refractivity contribution is 5.80. The molecule has 0 bridgehead atoms. The van der Waals surface area contributed by atoms with Gasteiger partial charge in [0.25, 0.3) is 0 Å². The van der Waals surface area contributed by atoms with Gasteiger partial charge in [0.05, 0.1) is 0 Å². The van der Waals surface area contributed by atoms with Gasteiger partial charge in [-0.1, -0.05) is 42.4 Å². The van der Waals surface area contributed by atoms with Crippen LogP contribution in [0.4, 0.5) is 0 Å². The van der Waals surface area contributed by atoms with Gasteiger partial charge in [0.2, 0.25) is 0 Å². The Bertz CT molecular complexity index is 338. The van der Waals surface area contributed by atoms with E-state index in [0.29, 0.717) is 6.42 Å². The molecule has 4 heteroatoms. The summed E-state index contributed by atoms with van der Waals surface area (Å²) < 4.78 is 0. The van der Waals surface area contributed by atoms with Gasteiger partial charge in [-0.2, -0.15) is 0 Å². The van der Waals surface area contributed by atoms with E-state index in [1.54, 1.807) is 0 Å². The van der Waals surface area contributed by atoms with Gasteiger partial charge in [-0.05, 0) is 24.9 Å². The predicted octanol–water partition coefficient (Wildman–Crippen LogP) is 1.73. The lowest BCUT2D eigenvalue weighted by molar-refractivity contribution is 0.315. The largest absolute Gasteiger partial charge is 0.409 e. The first-order valence-corrected chi connectivity index (χ1v) is 6.00. The van der Waals surface area contributed by atoms with E-state index in [2.05, 4.69) is 29.5 Å². The maximum Gasteiger partial charge on any atom is 0.140 e. The maximum atomic E-state index is 8.52. The maximum absolute atomic E-state index is 8.52. The van der Waals surface area contributed by atoms with Gasteiger partial charge in [-0.3, -0.25) is 0 Å². The minimum Gasteiger partial charge on any atom is -0.409 e. The Morgan fingerprint density at radius 2 is 2.12 bits per heavy atom. The normalized spacial score (nSPS) is 13.6. The SMILES string of the molecule is CCC(CC(N)=NO)NCCc1ccccc1. The number of nitrogens with one attached hydrogen (secondary N) is 1. The lowest BCUT2D eigenvalue weighted by Crippen LogP contribution is -2.34. The smallest absolute Gasteiger partial charge is 0.140 e. The lowest BCUT2D eigenvalue weighted by Gasteiger charge is -2.15. The van der Waals surface area contributed by atoms with Gasteiger partial charge in [0.15, 0.2) is 0 Å². The molecule has 94 valence electrons. The van der Waals surface area contributed by atoms with Crippen LogP contribution < -0.4 is 11.1 Å². The Labute approximate surface area is 103 Å². The third-order valence-electron chi connectivity index (χ3n) is 2.77. The molecule has 0 heterocycles. The summed E-state index contributed by atoms with van der Waals surface area (Å²) in [4.78, 5) is 0. The molecule has 1 aromatic carbocycles. The van der Waals surface area contributed by atoms with Crippen LogP contribution in [0.5, 0.6) is 0 Å². The van der Waals surface area contributed by atoms with E-state index >= 15 is 0 Å². The molecular weight excluding hydrogens is 214 g/mol. The minimum atomic E-state index is 0.273. The zero-order valence-electron chi connectivity index (χ0n) is 10.3. The molecule has 0 aliphatic heterocycles. The summed E-state index contributed by atoms with van der Waals surface area (Å²) in [7, 11) is 0. The van der Waals surface area contributed by atoms with Crippen LogP contribution in [0.2, 0.25) is 0 Å². The third kappa shape index (κ3) is 5.36. The van der Waals surface area contributed by atoms with E-state index < -0.39 is 0 Å². The Balaban J connectivity index is 2.29. The van der Waals surface area contributed by atoms with Crippen molar-refractivity contribution >= 4 is 5.84 Å². The van der Waals surface area contributed by atoms with Gasteiger partial charge in [-0.25, -0.2) is 0 Å². The summed E-state index contributed by atoms with van der Waals surface area (Å²) in [6.45, 7) is 2.99. The molecule has 4 N–H and O–H groups in total. The molecule has 1 rings (SSSR count). The minimum absolute atomic E-state index is 0.273. The van der Waals surface area contributed by atoms with E-state index in [1.807, 2.05) is 18.2 Å². The van der Waals surface area contributed by atoms with Crippen LogP contribution in [0.15, 0.2) is 35.5 Å². The Morgan fingerprint density at radius 1 is 1.41 bits per heavy atom. The van der Waals surface area contributed by atoms with E-state index in [1.165, 1.54) is 5.56 Å². The number of benzene rings is 1. The molecule has 1 aromatic rings. The molecule has 17 heavy (non-hydrogen) atoms. The highest BCUT2D eigenvalue weighted by Gasteiger charge is 2.07. The van der Waals surface area contributed by atoms with E-state index in [-0.39, 0.29) is 11.9 Å². The quantitative estimate of drug-likeness (QED) is 0.292. The Kier molecular flexibility index (Phi) is 6.10. The van der Waals surface area contributed by atoms with Crippen molar-refractivity contribution in [3.05, 3.63) is 35.9 Å². The number of nitrogens with zero attached hydrogens (tertiary/aromatic N) is 1. The molecule has 1 unspecified atom stereocenters. The molecule has 0 fully saturated rings. The summed E-state index contributed by atoms with van der Waals surface area (Å²) >= 11 is 0. The number of oxime groups is 1. The second-order valence-electron chi connectivity index (χ2n) is 4.09. The predicted molar refractivity (Wildman–Crippen MR) is 70.3 cm³/mol. The number of hydrogen-bond donors (Lipinski definition) is 3. The van der Waals surface area contributed by atoms with E-state index in [9.17, 15) is 0 Å². The first-order valence-electron chi connectivity index (χ1n) is 6.00. The van der Waals surface area contributed by atoms with Crippen molar-refractivity contribution in [1.82, 2.24) is 5.32 Å². The molecule has 0 amide bonds. The topological polar surface area (TPSA) is 70.6 Å². The van der Waals surface area contributed by atoms with Crippen LogP contribution >= 0.6 is 0 Å². The highest BCUT2D eigenvalue weighted by atomic mass is 16.4. The van der Waals surface area contributed by atoms with Crippen LogP contribution in [0.3, 0.4) is 0 Å². The van der Waals surface area contributed by atoms with Crippen molar-refractivity contribution in [2.75, 3.05) is 6.54 Å². The summed E-state index contributed by atoms with van der Waals surface area (Å²) in [5, 5.41) is 14.9. The van der Waals surface area contributed by atoms with Crippen LogP contribution in [0.1, 0.15) is 25.3 Å². The number of nitrogens with two attached hydrogens (primary N) is 1. The molecule has 0 aliphatic rings. The zero-order chi connectivity index (χ0) is 12.5. The summed E-state index contributed by atoms with van der Waals surface area (Å²) in [6, 6.07) is 10.6. The van der Waals surface area contributed by atoms with Crippen molar-refractivity contribution in [2.45, 2.75) is 32.2 Å². The molecule has 0 saturated heterocycles. The molecule has 0 aromatic heterocycles. The first-order chi connectivity index (χ1) is 8.26. The molecule has 4 nitrogen and oxygen atoms in total. The monoisotopic (exact) mass is 235 g/mol. The average molecular weight is 235 g/mol. The fourth-order valence-electron chi connectivity index (χ4n) is 1.72. The number of hydrogen-bond acceptors (Lipinski definition) is 3. The number of amidine groups is 1. The van der Waals surface area contributed by atoms with Crippen molar-refractivity contribution in [2.24, 2.45) is 10.9 Å². The van der Waals surface area contributed by atoms with Gasteiger partial charge >= 0.3 is 0 Å². The molecule has 0 aliphatic carbocycles. The fourth-order valence-corrected chi connectivity index (χ4v) is 1.72. The second kappa shape index (κ2) is 7.68. The number of rotatable bonds is 7. The van der Waals surface area contributed by atoms with Gasteiger partial charge in [-0.15, -0.1) is 0 Å². The van der Waals surface area contributed by atoms with Crippen LogP contribution in [-0.4, -0.2) is 23.6 Å². The highest BCUT2D eigenvalue weighted by Crippen LogP contribution is 2.01. The molecule has 0 spiro atoms. The van der Waals surface area contributed by atoms with Gasteiger partial charge in [0.1, 0.15) is 5.84 Å². The molecule has 0 radical (unpaired) electrons. The second-order valence-corrected chi connectivity index (χ2v) is 4.09. The Morgan fingerprint density at radius 3 is 2.71 bits per heavy atom. The molecule has 0 saturated carbocycles. The third-order valence-corrected chi connectivity index (χ3v) is 2.77. The lowest BCUT2D eigenvalue weighted by atomic mass is 10.1. The Hall–Kier alpha value is -1.55. The van der Waals surface area contributed by atoms with Crippen LogP contribution in [-0.2, 0) is 6.42 Å². The van der Waals surface area contributed by atoms with Crippen molar-refractivity contribution < 1.29 is 5.21 Å². The standard InChI is InChI=1S/C13H21N3O/c1-2-12(10-13(14)16-17)15-9-8-11-6-4-3-5-7-11/h3-7,12,15,17H,2,8-10H2,1H3,(H2,14,16). The summed E-state index contributed by atoms with van der Waals surface area (Å²) in [6.07, 6.45) is 2.54. The zero-order valence-corrected chi connectivity index (χ0v) is 10.3. The molecular formula is C13H21N3O. The van der Waals surface area contributed by atoms with Crippen molar-refractivity contribution in [1.29, 1.82) is 0 Å². The first kappa shape index (κ1) is 13.5. The molecule has 1 atom stereocenters. The van der Waals surface area contributed by atoms with Crippen LogP contribution in [0.25, 0.3) is 0 Å². The fraction of sp³-hybridized carbons (Fsp3) is 0.462. The van der Waals surface area contributed by atoms with Crippen molar-refractivity contribution in [3.63, 3.8) is 0 Å². The van der Waals surface area contributed by atoms with Crippen LogP contribution in [0, 0.1) is 0 Å². The average Bonchev–Trinajstić information content (AvgIpc) is 2.38. The summed E-state index contributed by atoms with van der Waals surface area (Å²) in [5.41, 5.74) is 6.81. The van der Waals surface area contributed by atoms with E-state index in [4.69, 9.17) is 10.9 Å².